The molecule has 6 heteroatoms. The van der Waals surface area contributed by atoms with Gasteiger partial charge in [0.1, 0.15) is 0 Å². The van der Waals surface area contributed by atoms with Crippen LogP contribution in [0.1, 0.15) is 33.6 Å². The Bertz CT molecular complexity index is 346. The number of carbonyl (C=O) groups is 3. The minimum absolute atomic E-state index is 0.218. The Balaban J connectivity index is 2.55. The number of rotatable bonds is 1. The third-order valence-corrected chi connectivity index (χ3v) is 2.33. The monoisotopic (exact) mass is 242 g/mol. The molecule has 1 aliphatic rings. The molecule has 0 radical (unpaired) electrons. The van der Waals surface area contributed by atoms with E-state index in [1.165, 1.54) is 7.05 Å². The molecule has 1 atom stereocenters. The first-order chi connectivity index (χ1) is 7.70. The van der Waals surface area contributed by atoms with Crippen LogP contribution in [0.25, 0.3) is 0 Å². The number of carbonyl (C=O) groups excluding carboxylic acids is 3. The summed E-state index contributed by atoms with van der Waals surface area (Å²) in [6.45, 7) is 5.44. The molecule has 3 amide bonds. The normalized spacial score (nSPS) is 21.4. The standard InChI is InChI=1S/C11H18N2O4/c1-11(2,3)12-10(16)17-7-5-6-8(14)13(4)9(7)15/h7H,5-6H2,1-4H3,(H,12,16). The SMILES string of the molecule is CN1C(=O)CCC(OC(=O)NC(C)(C)C)C1=O. The average Bonchev–Trinajstić information content (AvgIpc) is 2.16. The molecular formula is C11H18N2O4. The maximum Gasteiger partial charge on any atom is 0.408 e. The molecule has 1 unspecified atom stereocenters. The van der Waals surface area contributed by atoms with Gasteiger partial charge in [0.15, 0.2) is 6.10 Å². The second kappa shape index (κ2) is 4.73. The summed E-state index contributed by atoms with van der Waals surface area (Å²) >= 11 is 0. The van der Waals surface area contributed by atoms with Gasteiger partial charge in [-0.1, -0.05) is 0 Å². The molecule has 1 rings (SSSR count). The fourth-order valence-electron chi connectivity index (χ4n) is 1.46. The van der Waals surface area contributed by atoms with Crippen LogP contribution < -0.4 is 5.32 Å². The number of hydrogen-bond donors (Lipinski definition) is 1. The predicted molar refractivity (Wildman–Crippen MR) is 60.2 cm³/mol. The van der Waals surface area contributed by atoms with Gasteiger partial charge in [-0.05, 0) is 20.8 Å². The highest BCUT2D eigenvalue weighted by Gasteiger charge is 2.34. The van der Waals surface area contributed by atoms with Crippen molar-refractivity contribution >= 4 is 17.9 Å². The van der Waals surface area contributed by atoms with Gasteiger partial charge in [0.05, 0.1) is 0 Å². The van der Waals surface area contributed by atoms with E-state index in [-0.39, 0.29) is 18.7 Å². The molecular weight excluding hydrogens is 224 g/mol. The zero-order chi connectivity index (χ0) is 13.2. The summed E-state index contributed by atoms with van der Waals surface area (Å²) < 4.78 is 5.00. The molecule has 1 aliphatic heterocycles. The van der Waals surface area contributed by atoms with Crippen LogP contribution >= 0.6 is 0 Å². The summed E-state index contributed by atoms with van der Waals surface area (Å²) in [7, 11) is 1.39. The molecule has 1 N–H and O–H groups in total. The van der Waals surface area contributed by atoms with Crippen LogP contribution in [-0.2, 0) is 14.3 Å². The van der Waals surface area contributed by atoms with Crippen molar-refractivity contribution in [3.8, 4) is 0 Å². The maximum absolute atomic E-state index is 11.6. The Morgan fingerprint density at radius 3 is 2.53 bits per heavy atom. The van der Waals surface area contributed by atoms with Crippen molar-refractivity contribution < 1.29 is 19.1 Å². The van der Waals surface area contributed by atoms with E-state index in [1.807, 2.05) is 20.8 Å². The number of nitrogens with one attached hydrogen (secondary N) is 1. The van der Waals surface area contributed by atoms with Gasteiger partial charge in [-0.25, -0.2) is 4.79 Å². The first kappa shape index (κ1) is 13.5. The summed E-state index contributed by atoms with van der Waals surface area (Å²) in [5, 5.41) is 2.60. The van der Waals surface area contributed by atoms with Crippen LogP contribution in [0.4, 0.5) is 4.79 Å². The quantitative estimate of drug-likeness (QED) is 0.685. The molecule has 17 heavy (non-hydrogen) atoms. The molecule has 0 aliphatic carbocycles. The number of amides is 3. The van der Waals surface area contributed by atoms with Crippen LogP contribution in [0.15, 0.2) is 0 Å². The van der Waals surface area contributed by atoms with E-state index in [2.05, 4.69) is 5.32 Å². The lowest BCUT2D eigenvalue weighted by atomic mass is 10.1. The largest absolute Gasteiger partial charge is 0.436 e. The van der Waals surface area contributed by atoms with Crippen molar-refractivity contribution in [3.63, 3.8) is 0 Å². The molecule has 1 saturated heterocycles. The van der Waals surface area contributed by atoms with E-state index < -0.39 is 23.6 Å². The van der Waals surface area contributed by atoms with Crippen LogP contribution in [0.5, 0.6) is 0 Å². The molecule has 96 valence electrons. The number of alkyl carbamates (subject to hydrolysis) is 1. The number of hydrogen-bond acceptors (Lipinski definition) is 4. The first-order valence-corrected chi connectivity index (χ1v) is 5.50. The Hall–Kier alpha value is -1.59. The Morgan fingerprint density at radius 2 is 2.00 bits per heavy atom. The van der Waals surface area contributed by atoms with Crippen molar-refractivity contribution in [1.29, 1.82) is 0 Å². The average molecular weight is 242 g/mol. The number of likely N-dealkylation sites (tertiary alicyclic amines) is 1. The lowest BCUT2D eigenvalue weighted by molar-refractivity contribution is -0.154. The third kappa shape index (κ3) is 3.72. The number of ether oxygens (including phenoxy) is 1. The highest BCUT2D eigenvalue weighted by atomic mass is 16.6. The van der Waals surface area contributed by atoms with Gasteiger partial charge in [0, 0.05) is 25.4 Å². The molecule has 6 nitrogen and oxygen atoms in total. The molecule has 0 spiro atoms. The zero-order valence-electron chi connectivity index (χ0n) is 10.6. The van der Waals surface area contributed by atoms with Crippen molar-refractivity contribution in [3.05, 3.63) is 0 Å². The van der Waals surface area contributed by atoms with Gasteiger partial charge in [-0.15, -0.1) is 0 Å². The zero-order valence-corrected chi connectivity index (χ0v) is 10.6. The van der Waals surface area contributed by atoms with Gasteiger partial charge in [-0.2, -0.15) is 0 Å². The highest BCUT2D eigenvalue weighted by molar-refractivity contribution is 6.00. The van der Waals surface area contributed by atoms with E-state index >= 15 is 0 Å². The van der Waals surface area contributed by atoms with E-state index in [9.17, 15) is 14.4 Å². The molecule has 0 aromatic heterocycles. The Morgan fingerprint density at radius 1 is 1.41 bits per heavy atom. The van der Waals surface area contributed by atoms with Crippen LogP contribution in [0.2, 0.25) is 0 Å². The predicted octanol–water partition coefficient (Wildman–Crippen LogP) is 0.658. The minimum Gasteiger partial charge on any atom is -0.436 e. The summed E-state index contributed by atoms with van der Waals surface area (Å²) in [6, 6.07) is 0. The van der Waals surface area contributed by atoms with Gasteiger partial charge in [0.25, 0.3) is 5.91 Å². The second-order valence-electron chi connectivity index (χ2n) is 5.10. The molecule has 0 aromatic carbocycles. The van der Waals surface area contributed by atoms with Gasteiger partial charge >= 0.3 is 6.09 Å². The van der Waals surface area contributed by atoms with Crippen LogP contribution in [0.3, 0.4) is 0 Å². The molecule has 0 bridgehead atoms. The molecule has 1 fully saturated rings. The first-order valence-electron chi connectivity index (χ1n) is 5.50. The lowest BCUT2D eigenvalue weighted by Gasteiger charge is -2.28. The summed E-state index contributed by atoms with van der Waals surface area (Å²) in [5.41, 5.74) is -0.420. The summed E-state index contributed by atoms with van der Waals surface area (Å²) in [4.78, 5) is 35.3. The number of nitrogens with zero attached hydrogens (tertiary/aromatic N) is 1. The third-order valence-electron chi connectivity index (χ3n) is 2.33. The Labute approximate surface area is 100 Å². The van der Waals surface area contributed by atoms with Crippen molar-refractivity contribution in [2.24, 2.45) is 0 Å². The van der Waals surface area contributed by atoms with Crippen molar-refractivity contribution in [1.82, 2.24) is 10.2 Å². The highest BCUT2D eigenvalue weighted by Crippen LogP contribution is 2.15. The summed E-state index contributed by atoms with van der Waals surface area (Å²) in [6.07, 6.45) is -1.03. The summed E-state index contributed by atoms with van der Waals surface area (Å²) in [5.74, 6) is -0.712. The molecule has 0 aromatic rings. The maximum atomic E-state index is 11.6. The van der Waals surface area contributed by atoms with Crippen molar-refractivity contribution in [2.75, 3.05) is 7.05 Å². The molecule has 0 saturated carbocycles. The van der Waals surface area contributed by atoms with Gasteiger partial charge in [-0.3, -0.25) is 14.5 Å². The van der Waals surface area contributed by atoms with E-state index in [4.69, 9.17) is 4.74 Å². The number of imide groups is 1. The van der Waals surface area contributed by atoms with Crippen LogP contribution in [0, 0.1) is 0 Å². The fraction of sp³-hybridized carbons (Fsp3) is 0.727. The fourth-order valence-corrected chi connectivity index (χ4v) is 1.46. The van der Waals surface area contributed by atoms with Crippen molar-refractivity contribution in [2.45, 2.75) is 45.3 Å². The topological polar surface area (TPSA) is 75.7 Å². The second-order valence-corrected chi connectivity index (χ2v) is 5.10. The minimum atomic E-state index is -0.861. The van der Waals surface area contributed by atoms with E-state index in [1.54, 1.807) is 0 Å². The number of piperidine rings is 1. The lowest BCUT2D eigenvalue weighted by Crippen LogP contribution is -2.49. The van der Waals surface area contributed by atoms with E-state index in [0.29, 0.717) is 0 Å². The molecule has 1 heterocycles. The Kier molecular flexibility index (Phi) is 3.75. The van der Waals surface area contributed by atoms with E-state index in [0.717, 1.165) is 4.90 Å². The van der Waals surface area contributed by atoms with Gasteiger partial charge in [0.2, 0.25) is 5.91 Å². The van der Waals surface area contributed by atoms with Gasteiger partial charge < -0.3 is 10.1 Å². The van der Waals surface area contributed by atoms with Crippen LogP contribution in [-0.4, -0.2) is 41.5 Å². The smallest absolute Gasteiger partial charge is 0.408 e. The number of likely N-dealkylation sites (N-methyl/N-ethyl adjacent to an activating group) is 1.